The van der Waals surface area contributed by atoms with Crippen LogP contribution in [-0.4, -0.2) is 53.5 Å². The lowest BCUT2D eigenvalue weighted by molar-refractivity contribution is -0.134. The third-order valence-corrected chi connectivity index (χ3v) is 4.84. The summed E-state index contributed by atoms with van der Waals surface area (Å²) in [5, 5.41) is 5.83. The zero-order chi connectivity index (χ0) is 22.2. The molecule has 0 saturated carbocycles. The highest BCUT2D eigenvalue weighted by Crippen LogP contribution is 2.33. The third kappa shape index (κ3) is 3.61. The van der Waals surface area contributed by atoms with Crippen LogP contribution < -0.4 is 20.1 Å². The topological polar surface area (TPSA) is 136 Å². The molecule has 0 bridgehead atoms. The number of furan rings is 1. The summed E-state index contributed by atoms with van der Waals surface area (Å²) in [6.07, 6.45) is 0. The van der Waals surface area contributed by atoms with Crippen molar-refractivity contribution in [2.75, 3.05) is 26.1 Å². The van der Waals surface area contributed by atoms with E-state index in [9.17, 15) is 14.4 Å². The van der Waals surface area contributed by atoms with E-state index in [-0.39, 0.29) is 23.5 Å². The lowest BCUT2D eigenvalue weighted by atomic mass is 9.99. The smallest absolute Gasteiger partial charge is 0.325 e. The van der Waals surface area contributed by atoms with Crippen LogP contribution in [0, 0.1) is 0 Å². The molecule has 4 rings (SSSR count). The molecule has 1 saturated heterocycles. The van der Waals surface area contributed by atoms with E-state index in [4.69, 9.17) is 13.9 Å². The van der Waals surface area contributed by atoms with Crippen LogP contribution in [0.1, 0.15) is 12.7 Å². The molecular formula is C20H19N5O6. The van der Waals surface area contributed by atoms with E-state index in [0.717, 1.165) is 10.3 Å². The molecule has 3 aromatic rings. The molecule has 11 heteroatoms. The molecule has 0 aliphatic carbocycles. The number of anilines is 1. The minimum atomic E-state index is -1.44. The molecule has 1 fully saturated rings. The highest BCUT2D eigenvalue weighted by molar-refractivity contribution is 6.10. The van der Waals surface area contributed by atoms with Gasteiger partial charge >= 0.3 is 6.03 Å². The fourth-order valence-electron chi connectivity index (χ4n) is 3.21. The molecule has 4 amide bonds. The van der Waals surface area contributed by atoms with Crippen LogP contribution in [0.4, 0.5) is 10.7 Å². The highest BCUT2D eigenvalue weighted by Gasteiger charge is 2.51. The number of aromatic nitrogens is 2. The summed E-state index contributed by atoms with van der Waals surface area (Å²) >= 11 is 0. The van der Waals surface area contributed by atoms with Crippen molar-refractivity contribution in [3.63, 3.8) is 0 Å². The average molecular weight is 425 g/mol. The molecule has 1 aliphatic heterocycles. The van der Waals surface area contributed by atoms with Crippen LogP contribution in [-0.2, 0) is 15.1 Å². The quantitative estimate of drug-likeness (QED) is 0.569. The average Bonchev–Trinajstić information content (AvgIpc) is 3.29. The van der Waals surface area contributed by atoms with Gasteiger partial charge in [-0.3, -0.25) is 19.8 Å². The number of hydrogen-bond acceptors (Lipinski definition) is 8. The molecule has 0 unspecified atom stereocenters. The van der Waals surface area contributed by atoms with Crippen molar-refractivity contribution in [1.82, 2.24) is 20.2 Å². The van der Waals surface area contributed by atoms with E-state index >= 15 is 0 Å². The van der Waals surface area contributed by atoms with Gasteiger partial charge in [-0.1, -0.05) is 18.2 Å². The van der Waals surface area contributed by atoms with E-state index in [1.165, 1.54) is 27.2 Å². The van der Waals surface area contributed by atoms with Gasteiger partial charge < -0.3 is 19.2 Å². The monoisotopic (exact) mass is 425 g/mol. The predicted molar refractivity (Wildman–Crippen MR) is 108 cm³/mol. The fourth-order valence-corrected chi connectivity index (χ4v) is 3.21. The van der Waals surface area contributed by atoms with Crippen molar-refractivity contribution in [3.8, 4) is 11.8 Å². The summed E-state index contributed by atoms with van der Waals surface area (Å²) in [4.78, 5) is 46.8. The van der Waals surface area contributed by atoms with Gasteiger partial charge in [0, 0.05) is 5.39 Å². The van der Waals surface area contributed by atoms with Crippen molar-refractivity contribution in [2.24, 2.45) is 0 Å². The minimum absolute atomic E-state index is 0.0895. The number of amides is 4. The second kappa shape index (κ2) is 7.59. The zero-order valence-electron chi connectivity index (χ0n) is 17.0. The van der Waals surface area contributed by atoms with Crippen molar-refractivity contribution in [1.29, 1.82) is 0 Å². The minimum Gasteiger partial charge on any atom is -0.481 e. The summed E-state index contributed by atoms with van der Waals surface area (Å²) in [6, 6.07) is 9.65. The van der Waals surface area contributed by atoms with Crippen molar-refractivity contribution in [3.05, 3.63) is 42.2 Å². The Balaban J connectivity index is 1.52. The molecule has 2 N–H and O–H groups in total. The van der Waals surface area contributed by atoms with Crippen LogP contribution in [0.15, 0.2) is 40.8 Å². The number of ether oxygens (including phenoxy) is 2. The van der Waals surface area contributed by atoms with Crippen LogP contribution >= 0.6 is 0 Å². The number of nitrogens with one attached hydrogen (secondary N) is 2. The van der Waals surface area contributed by atoms with Gasteiger partial charge in [0.1, 0.15) is 17.9 Å². The second-order valence-corrected chi connectivity index (χ2v) is 6.92. The normalized spacial score (nSPS) is 18.2. The molecule has 1 aliphatic rings. The summed E-state index contributed by atoms with van der Waals surface area (Å²) in [5.74, 6) is -0.753. The number of fused-ring (bicyclic) bond motifs is 1. The number of carbonyl (C=O) groups is 3. The number of methoxy groups -OCH3 is 2. The molecule has 3 heterocycles. The Hall–Kier alpha value is -4.15. The Bertz CT molecular complexity index is 1140. The molecular weight excluding hydrogens is 406 g/mol. The summed E-state index contributed by atoms with van der Waals surface area (Å²) < 4.78 is 15.8. The maximum absolute atomic E-state index is 13.0. The Morgan fingerprint density at radius 2 is 1.84 bits per heavy atom. The number of benzene rings is 1. The van der Waals surface area contributed by atoms with Crippen LogP contribution in [0.5, 0.6) is 11.8 Å². The summed E-state index contributed by atoms with van der Waals surface area (Å²) in [7, 11) is 2.80. The van der Waals surface area contributed by atoms with Crippen molar-refractivity contribution in [2.45, 2.75) is 12.5 Å². The van der Waals surface area contributed by atoms with Crippen LogP contribution in [0.25, 0.3) is 11.0 Å². The fraction of sp³-hybridized carbons (Fsp3) is 0.250. The number of hydrogen-bond donors (Lipinski definition) is 2. The van der Waals surface area contributed by atoms with E-state index in [1.54, 1.807) is 18.2 Å². The number of imide groups is 1. The van der Waals surface area contributed by atoms with Gasteiger partial charge in [-0.15, -0.1) is 0 Å². The molecule has 160 valence electrons. The van der Waals surface area contributed by atoms with E-state index in [0.29, 0.717) is 5.58 Å². The maximum Gasteiger partial charge on any atom is 0.325 e. The summed E-state index contributed by atoms with van der Waals surface area (Å²) in [5.41, 5.74) is -0.854. The van der Waals surface area contributed by atoms with Gasteiger partial charge in [0.05, 0.1) is 20.3 Å². The first-order chi connectivity index (χ1) is 14.8. The molecule has 2 aromatic heterocycles. The number of carbonyl (C=O) groups excluding carboxylic acids is 3. The zero-order valence-corrected chi connectivity index (χ0v) is 17.0. The Morgan fingerprint density at radius 1 is 1.16 bits per heavy atom. The first-order valence-corrected chi connectivity index (χ1v) is 9.24. The van der Waals surface area contributed by atoms with Gasteiger partial charge in [-0.2, -0.15) is 9.97 Å². The molecule has 0 spiro atoms. The Morgan fingerprint density at radius 3 is 2.48 bits per heavy atom. The van der Waals surface area contributed by atoms with Crippen LogP contribution in [0.2, 0.25) is 0 Å². The SMILES string of the molecule is COc1cc(OC)nc(NC(=O)CN2C(=O)N[C@@](C)(c3cc4ccccc4o3)C2=O)n1. The molecule has 1 aromatic carbocycles. The van der Waals surface area contributed by atoms with Gasteiger partial charge in [0.2, 0.25) is 23.6 Å². The molecule has 11 nitrogen and oxygen atoms in total. The van der Waals surface area contributed by atoms with E-state index in [1.807, 2.05) is 12.1 Å². The van der Waals surface area contributed by atoms with Crippen LogP contribution in [0.3, 0.4) is 0 Å². The van der Waals surface area contributed by atoms with Gasteiger partial charge in [-0.25, -0.2) is 4.79 Å². The van der Waals surface area contributed by atoms with Crippen molar-refractivity contribution < 1.29 is 28.3 Å². The maximum atomic E-state index is 13.0. The molecule has 0 radical (unpaired) electrons. The van der Waals surface area contributed by atoms with Crippen molar-refractivity contribution >= 4 is 34.8 Å². The molecule has 31 heavy (non-hydrogen) atoms. The first-order valence-electron chi connectivity index (χ1n) is 9.24. The first kappa shape index (κ1) is 20.1. The Labute approximate surface area is 176 Å². The number of urea groups is 1. The number of rotatable bonds is 6. The van der Waals surface area contributed by atoms with Gasteiger partial charge in [0.25, 0.3) is 5.91 Å². The lowest BCUT2D eigenvalue weighted by Crippen LogP contribution is -2.42. The standard InChI is InChI=1S/C20H19N5O6/c1-20(13-8-11-6-4-5-7-12(11)31-13)17(27)25(19(28)24-20)10-14(26)21-18-22-15(29-2)9-16(23-18)30-3/h4-9H,10H2,1-3H3,(H,24,28)(H,21,22,23,26)/t20-/m0/s1. The highest BCUT2D eigenvalue weighted by atomic mass is 16.5. The predicted octanol–water partition coefficient (Wildman–Crippen LogP) is 1.65. The molecule has 1 atom stereocenters. The third-order valence-electron chi connectivity index (χ3n) is 4.84. The largest absolute Gasteiger partial charge is 0.481 e. The van der Waals surface area contributed by atoms with E-state index in [2.05, 4.69) is 20.6 Å². The Kier molecular flexibility index (Phi) is 4.93. The number of nitrogens with zero attached hydrogens (tertiary/aromatic N) is 3. The summed E-state index contributed by atoms with van der Waals surface area (Å²) in [6.45, 7) is 0.988. The lowest BCUT2D eigenvalue weighted by Gasteiger charge is -2.18. The second-order valence-electron chi connectivity index (χ2n) is 6.92. The van der Waals surface area contributed by atoms with Gasteiger partial charge in [-0.05, 0) is 19.1 Å². The van der Waals surface area contributed by atoms with E-state index < -0.39 is 29.9 Å². The van der Waals surface area contributed by atoms with Gasteiger partial charge in [0.15, 0.2) is 5.54 Å². The number of para-hydroxylation sites is 1.